The van der Waals surface area contributed by atoms with Gasteiger partial charge in [-0.05, 0) is 146 Å². The Hall–Kier alpha value is -4.32. The van der Waals surface area contributed by atoms with E-state index < -0.39 is 25.4 Å². The molecule has 3 unspecified atom stereocenters. The van der Waals surface area contributed by atoms with E-state index in [1.165, 1.54) is 100 Å². The number of nitriles is 1. The lowest BCUT2D eigenvalue weighted by Gasteiger charge is -2.26. The van der Waals surface area contributed by atoms with Gasteiger partial charge in [0.15, 0.2) is 6.29 Å². The summed E-state index contributed by atoms with van der Waals surface area (Å²) >= 11 is 7.32. The molecule has 0 radical (unpaired) electrons. The van der Waals surface area contributed by atoms with Crippen molar-refractivity contribution in [1.29, 1.82) is 5.26 Å². The number of halogens is 2. The molecule has 3 fully saturated rings. The SMILES string of the molecule is C=O.CCCC.CCCCCC=O.CCCOC(=O)C(C)NP(=O)(Oc1ccccc1)[C@@H](F)c1ccc2sc(C=O)cc2c1.CN1CCCC1.CN1C[C@@H](c2cccc(Cl)c2)C(C#N)C12CC2.CNC. The fourth-order valence-electron chi connectivity index (χ4n) is 7.52. The van der Waals surface area contributed by atoms with Gasteiger partial charge in [0.2, 0.25) is 5.91 Å². The van der Waals surface area contributed by atoms with Crippen molar-refractivity contribution in [2.24, 2.45) is 5.92 Å². The first-order valence-electron chi connectivity index (χ1n) is 24.4. The number of nitrogens with zero attached hydrogens (tertiary/aromatic N) is 3. The number of nitrogens with one attached hydrogen (secondary N) is 2. The van der Waals surface area contributed by atoms with E-state index in [-0.39, 0.29) is 29.4 Å². The molecule has 3 aromatic carbocycles. The normalized spacial score (nSPS) is 17.9. The number of aldehydes is 2. The Kier molecular flexibility index (Phi) is 32.5. The largest absolute Gasteiger partial charge is 0.465 e. The number of carbonyl (C=O) groups is 4. The number of ether oxygens (including phenoxy) is 1. The maximum atomic E-state index is 15.7. The third-order valence-electron chi connectivity index (χ3n) is 11.6. The van der Waals surface area contributed by atoms with Crippen LogP contribution in [0.3, 0.4) is 0 Å². The van der Waals surface area contributed by atoms with Crippen molar-refractivity contribution in [3.63, 3.8) is 0 Å². The van der Waals surface area contributed by atoms with Gasteiger partial charge in [0.1, 0.15) is 24.9 Å². The molecule has 1 spiro atoms. The number of unbranched alkanes of at least 4 members (excludes halogenated alkanes) is 4. The number of thiophene rings is 1. The first-order valence-corrected chi connectivity index (χ1v) is 27.3. The fraction of sp³-hybridized carbons (Fsp3) is 0.537. The number of benzene rings is 3. The van der Waals surface area contributed by atoms with Gasteiger partial charge >= 0.3 is 13.5 Å². The van der Waals surface area contributed by atoms with Crippen molar-refractivity contribution in [2.75, 3.05) is 54.4 Å². The minimum absolute atomic E-state index is 0.114. The Balaban J connectivity index is 0.000000519. The highest BCUT2D eigenvalue weighted by atomic mass is 35.5. The van der Waals surface area contributed by atoms with Gasteiger partial charge in [0, 0.05) is 34.1 Å². The second-order valence-electron chi connectivity index (χ2n) is 17.3. The lowest BCUT2D eigenvalue weighted by Crippen LogP contribution is -2.35. The molecule has 1 aliphatic carbocycles. The highest BCUT2D eigenvalue weighted by molar-refractivity contribution is 7.57. The van der Waals surface area contributed by atoms with Gasteiger partial charge in [-0.1, -0.05) is 101 Å². The summed E-state index contributed by atoms with van der Waals surface area (Å²) < 4.78 is 40.9. The average Bonchev–Trinajstić information content (AvgIpc) is 3.68. The highest BCUT2D eigenvalue weighted by Gasteiger charge is 2.60. The number of rotatable bonds is 16. The van der Waals surface area contributed by atoms with Crippen LogP contribution in [0.5, 0.6) is 5.75 Å². The second kappa shape index (κ2) is 35.7. The lowest BCUT2D eigenvalue weighted by molar-refractivity contribution is -0.145. The molecule has 5 atom stereocenters. The summed E-state index contributed by atoms with van der Waals surface area (Å²) in [5, 5.41) is 16.2. The number of likely N-dealkylation sites (tertiary alicyclic amines) is 2. The van der Waals surface area contributed by atoms with Crippen molar-refractivity contribution in [1.82, 2.24) is 20.2 Å². The average molecular weight is 1030 g/mol. The van der Waals surface area contributed by atoms with Crippen molar-refractivity contribution in [2.45, 2.75) is 129 Å². The zero-order chi connectivity index (χ0) is 52.5. The van der Waals surface area contributed by atoms with E-state index in [1.54, 1.807) is 42.5 Å². The third-order valence-corrected chi connectivity index (χ3v) is 15.0. The maximum Gasteiger partial charge on any atom is 0.355 e. The standard InChI is InChI=1S/C22H23FNO5PS.C14H15ClN2.C6H12O.C5H11N.C4H10.C2H7N.CH2O/c1-3-11-28-22(26)15(2)24-30(27,29-18-7-5-4-6-8-18)21(23)16-9-10-20-17(12-16)13-19(14-25)31-20;1-17-9-12(10-3-2-4-11(15)7-10)13(8-16)14(17)5-6-14;1-2-3-4-5-6-7;1-6-4-2-3-5-6;1-3-4-2;1-3-2;1-2/h4-10,12-15,21H,3,11H2,1-2H3,(H,24,27);2-4,7,12-13H,5-6,9H2,1H3;6H,2-5H2,1H3;2-5H2,1H3;3-4H2,1-2H3;3H,1-2H3;1H2/t15?,21-,30?;12-,13?;;;;;/m10...../s1. The van der Waals surface area contributed by atoms with Crippen LogP contribution in [-0.4, -0.2) is 101 Å². The predicted octanol–water partition coefficient (Wildman–Crippen LogP) is 12.9. The van der Waals surface area contributed by atoms with Crippen LogP contribution >= 0.6 is 30.5 Å². The van der Waals surface area contributed by atoms with E-state index in [9.17, 15) is 24.2 Å². The van der Waals surface area contributed by atoms with Gasteiger partial charge in [-0.3, -0.25) is 19.1 Å². The molecule has 3 heterocycles. The molecule has 16 heteroatoms. The van der Waals surface area contributed by atoms with Crippen LogP contribution in [0.25, 0.3) is 10.1 Å². The summed E-state index contributed by atoms with van der Waals surface area (Å²) in [6, 6.07) is 24.0. The van der Waals surface area contributed by atoms with Crippen LogP contribution in [-0.2, 0) is 23.7 Å². The molecule has 12 nitrogen and oxygen atoms in total. The number of hydrogen-bond donors (Lipinski definition) is 2. The smallest absolute Gasteiger partial charge is 0.355 e. The van der Waals surface area contributed by atoms with Gasteiger partial charge in [-0.25, -0.2) is 9.48 Å². The number of esters is 1. The summed E-state index contributed by atoms with van der Waals surface area (Å²) in [6.45, 7) is 15.6. The summed E-state index contributed by atoms with van der Waals surface area (Å²) in [5.41, 5.74) is 1.49. The number of hydrogen-bond acceptors (Lipinski definition) is 12. The molecule has 3 aliphatic rings. The summed E-state index contributed by atoms with van der Waals surface area (Å²) in [5.74, 6) is -2.07. The van der Waals surface area contributed by atoms with Crippen LogP contribution in [0.4, 0.5) is 4.39 Å². The van der Waals surface area contributed by atoms with Crippen LogP contribution in [0.1, 0.15) is 138 Å². The second-order valence-corrected chi connectivity index (χ2v) is 21.0. The third kappa shape index (κ3) is 21.6. The van der Waals surface area contributed by atoms with Crippen LogP contribution in [0.2, 0.25) is 5.02 Å². The number of likely N-dealkylation sites (N-methyl/N-ethyl adjacent to an activating group) is 1. The topological polar surface area (TPSA) is 158 Å². The summed E-state index contributed by atoms with van der Waals surface area (Å²) in [6.07, 6.45) is 14.3. The number of para-hydroxylation sites is 1. The molecule has 388 valence electrons. The molecule has 2 N–H and O–H groups in total. The Morgan fingerprint density at radius 3 is 2.10 bits per heavy atom. The van der Waals surface area contributed by atoms with E-state index in [0.29, 0.717) is 22.6 Å². The van der Waals surface area contributed by atoms with Crippen molar-refractivity contribution in [3.8, 4) is 11.8 Å². The number of fused-ring (bicyclic) bond motifs is 1. The van der Waals surface area contributed by atoms with E-state index in [0.717, 1.165) is 41.7 Å². The molecule has 4 aromatic rings. The number of carbonyl (C=O) groups excluding carboxylic acids is 4. The highest BCUT2D eigenvalue weighted by Crippen LogP contribution is 2.58. The molecule has 1 saturated carbocycles. The minimum Gasteiger partial charge on any atom is -0.465 e. The van der Waals surface area contributed by atoms with E-state index >= 15 is 4.39 Å². The summed E-state index contributed by atoms with van der Waals surface area (Å²) in [7, 11) is 3.81. The van der Waals surface area contributed by atoms with Crippen LogP contribution in [0, 0.1) is 17.2 Å². The van der Waals surface area contributed by atoms with Crippen molar-refractivity contribution in [3.05, 3.63) is 99.9 Å². The molecule has 7 rings (SSSR count). The molecule has 1 aromatic heterocycles. The van der Waals surface area contributed by atoms with Gasteiger partial charge in [-0.2, -0.15) is 5.26 Å². The van der Waals surface area contributed by atoms with Crippen molar-refractivity contribution < 1.29 is 37.4 Å². The molecule has 0 bridgehead atoms. The molecule has 70 heavy (non-hydrogen) atoms. The quantitative estimate of drug-likeness (QED) is 0.0474. The van der Waals surface area contributed by atoms with Crippen molar-refractivity contribution >= 4 is 65.9 Å². The Bertz CT molecular complexity index is 2170. The van der Waals surface area contributed by atoms with E-state index in [2.05, 4.69) is 67.2 Å². The maximum absolute atomic E-state index is 15.7. The van der Waals surface area contributed by atoms with Crippen LogP contribution in [0.15, 0.2) is 78.9 Å². The molecular formula is C54H80ClFN5O7PS. The summed E-state index contributed by atoms with van der Waals surface area (Å²) in [4.78, 5) is 46.1. The first kappa shape index (κ1) is 63.7. The fourth-order valence-corrected chi connectivity index (χ4v) is 10.5. The zero-order valence-corrected chi connectivity index (χ0v) is 45.6. The van der Waals surface area contributed by atoms with Gasteiger partial charge in [0.25, 0.3) is 0 Å². The van der Waals surface area contributed by atoms with E-state index in [1.807, 2.05) is 46.0 Å². The molecular weight excluding hydrogens is 948 g/mol. The monoisotopic (exact) mass is 1030 g/mol. The Labute approximate surface area is 427 Å². The van der Waals surface area contributed by atoms with Gasteiger partial charge < -0.3 is 29.1 Å². The van der Waals surface area contributed by atoms with Gasteiger partial charge in [0.05, 0.1) is 23.5 Å². The Morgan fingerprint density at radius 1 is 0.957 bits per heavy atom. The number of alkyl halides is 1. The van der Waals surface area contributed by atoms with Crippen LogP contribution < -0.4 is 14.9 Å². The Morgan fingerprint density at radius 2 is 1.60 bits per heavy atom. The van der Waals surface area contributed by atoms with E-state index in [4.69, 9.17) is 25.7 Å². The molecule has 2 saturated heterocycles. The molecule has 2 aliphatic heterocycles. The lowest BCUT2D eigenvalue weighted by atomic mass is 9.85. The molecule has 0 amide bonds. The van der Waals surface area contributed by atoms with Gasteiger partial charge in [-0.15, -0.1) is 11.3 Å². The predicted molar refractivity (Wildman–Crippen MR) is 287 cm³/mol. The minimum atomic E-state index is -4.26. The first-order chi connectivity index (χ1) is 33.7. The zero-order valence-electron chi connectivity index (χ0n) is 43.1.